The molecule has 0 fully saturated rings. The first-order valence-corrected chi connectivity index (χ1v) is 16.5. The second kappa shape index (κ2) is 17.4. The monoisotopic (exact) mass is 654 g/mol. The minimum absolute atomic E-state index is 0. The summed E-state index contributed by atoms with van der Waals surface area (Å²) in [4.78, 5) is 0. The molecule has 5 heteroatoms. The Hall–Kier alpha value is -2.85. The molecule has 0 spiro atoms. The van der Waals surface area contributed by atoms with Gasteiger partial charge < -0.3 is 29.6 Å². The van der Waals surface area contributed by atoms with Crippen molar-refractivity contribution < 1.29 is 51.3 Å². The van der Waals surface area contributed by atoms with Crippen molar-refractivity contribution in [1.82, 2.24) is 0 Å². The third kappa shape index (κ3) is 9.08. The predicted molar refractivity (Wildman–Crippen MR) is 171 cm³/mol. The topological polar surface area (TPSA) is 9.23 Å². The molecule has 1 atom stereocenters. The zero-order valence-corrected chi connectivity index (χ0v) is 29.1. The van der Waals surface area contributed by atoms with Crippen LogP contribution in [0, 0.1) is 13.0 Å². The van der Waals surface area contributed by atoms with Gasteiger partial charge in [0.15, 0.2) is 0 Å². The number of benzene rings is 5. The molecule has 43 heavy (non-hydrogen) atoms. The molecular formula is C38H36Cl2OSiTi. The van der Waals surface area contributed by atoms with E-state index in [1.54, 1.807) is 5.20 Å². The van der Waals surface area contributed by atoms with Crippen LogP contribution in [0.1, 0.15) is 52.1 Å². The van der Waals surface area contributed by atoms with Crippen molar-refractivity contribution in [3.63, 3.8) is 0 Å². The SMILES string of the molecule is CC1C([Si](C)C)=Cc2ccccc21.Cc1c[c-]c(Oc2ccccc2)c(C(c2ccccc2)c2ccccc2)c1.[Cl-].[Cl-].[Ti+3]. The van der Waals surface area contributed by atoms with Crippen LogP contribution in [-0.4, -0.2) is 8.80 Å². The van der Waals surface area contributed by atoms with Gasteiger partial charge in [0.05, 0.1) is 8.80 Å². The van der Waals surface area contributed by atoms with Gasteiger partial charge in [-0.3, -0.25) is 0 Å². The third-order valence-corrected chi connectivity index (χ3v) is 9.17. The van der Waals surface area contributed by atoms with E-state index >= 15 is 0 Å². The molecular weight excluding hydrogens is 619 g/mol. The van der Waals surface area contributed by atoms with E-state index in [1.165, 1.54) is 27.8 Å². The molecule has 216 valence electrons. The Morgan fingerprint density at radius 2 is 1.23 bits per heavy atom. The van der Waals surface area contributed by atoms with Crippen LogP contribution < -0.4 is 29.6 Å². The van der Waals surface area contributed by atoms with Gasteiger partial charge >= 0.3 is 21.7 Å². The van der Waals surface area contributed by atoms with Crippen molar-refractivity contribution >= 4 is 14.9 Å². The molecule has 5 aromatic rings. The molecule has 0 saturated heterocycles. The molecule has 0 N–H and O–H groups in total. The summed E-state index contributed by atoms with van der Waals surface area (Å²) in [6.07, 6.45) is 2.40. The Kier molecular flexibility index (Phi) is 14.7. The number of aryl methyl sites for hydroxylation is 1. The average molecular weight is 656 g/mol. The molecule has 0 heterocycles. The smallest absolute Gasteiger partial charge is 1.00 e. The molecule has 0 amide bonds. The Labute approximate surface area is 286 Å². The fourth-order valence-corrected chi connectivity index (χ4v) is 6.91. The van der Waals surface area contributed by atoms with Crippen molar-refractivity contribution in [2.24, 2.45) is 0 Å². The summed E-state index contributed by atoms with van der Waals surface area (Å²) in [5.74, 6) is 2.34. The Morgan fingerprint density at radius 3 is 1.77 bits per heavy atom. The number of rotatable bonds is 6. The normalized spacial score (nSPS) is 12.9. The summed E-state index contributed by atoms with van der Waals surface area (Å²) in [5, 5.41) is 1.67. The standard InChI is InChI=1S/C26H21O.C12H15Si.2ClH.Ti/c1-20-17-18-25(27-23-15-9-4-10-16-23)24(19-20)26(21-11-5-2-6-12-21)22-13-7-3-8-14-22;1-9-11-7-5-4-6-10(11)8-12(9)13(2)3;;;/h2-17,19,26H,1H3;4-9H,1-3H3;2*1H;/q-1;;;;+3/p-2. The maximum Gasteiger partial charge on any atom is 3.00 e. The summed E-state index contributed by atoms with van der Waals surface area (Å²) in [6, 6.07) is 47.3. The Balaban J connectivity index is 0.000000343. The number of halogens is 2. The first-order chi connectivity index (χ1) is 19.5. The Morgan fingerprint density at radius 1 is 0.721 bits per heavy atom. The van der Waals surface area contributed by atoms with Gasteiger partial charge in [-0.25, -0.2) is 0 Å². The van der Waals surface area contributed by atoms with Gasteiger partial charge in [-0.2, -0.15) is 17.7 Å². The number of hydrogen-bond acceptors (Lipinski definition) is 1. The first kappa shape index (κ1) is 36.3. The van der Waals surface area contributed by atoms with Crippen LogP contribution in [0.2, 0.25) is 13.1 Å². The van der Waals surface area contributed by atoms with Gasteiger partial charge in [-0.05, 0) is 46.2 Å². The molecule has 0 aromatic heterocycles. The summed E-state index contributed by atoms with van der Waals surface area (Å²) in [6.45, 7) is 9.17. The zero-order valence-electron chi connectivity index (χ0n) is 25.0. The molecule has 5 aromatic carbocycles. The molecule has 0 saturated carbocycles. The van der Waals surface area contributed by atoms with Crippen molar-refractivity contribution in [3.8, 4) is 11.5 Å². The molecule has 1 aliphatic carbocycles. The molecule has 0 aliphatic heterocycles. The fourth-order valence-electron chi connectivity index (χ4n) is 5.44. The van der Waals surface area contributed by atoms with Gasteiger partial charge in [-0.15, -0.1) is 11.6 Å². The van der Waals surface area contributed by atoms with Gasteiger partial charge in [0.25, 0.3) is 0 Å². The molecule has 6 rings (SSSR count). The van der Waals surface area contributed by atoms with Crippen LogP contribution >= 0.6 is 0 Å². The number of allylic oxidation sites excluding steroid dienone is 1. The van der Waals surface area contributed by atoms with Crippen LogP contribution in [-0.2, 0) is 21.7 Å². The summed E-state index contributed by atoms with van der Waals surface area (Å²) in [5.41, 5.74) is 7.72. The van der Waals surface area contributed by atoms with E-state index < -0.39 is 0 Å². The van der Waals surface area contributed by atoms with Crippen molar-refractivity contribution in [1.29, 1.82) is 0 Å². The number of ether oxygens (including phenoxy) is 1. The quantitative estimate of drug-likeness (QED) is 0.151. The molecule has 2 radical (unpaired) electrons. The van der Waals surface area contributed by atoms with Crippen molar-refractivity contribution in [2.75, 3.05) is 0 Å². The molecule has 1 nitrogen and oxygen atoms in total. The minimum Gasteiger partial charge on any atom is -1.00 e. The Bertz CT molecular complexity index is 1530. The minimum atomic E-state index is -0.266. The molecule has 1 unspecified atom stereocenters. The molecule has 0 bridgehead atoms. The van der Waals surface area contributed by atoms with Crippen LogP contribution in [0.25, 0.3) is 6.08 Å². The second-order valence-corrected chi connectivity index (χ2v) is 13.2. The second-order valence-electron chi connectivity index (χ2n) is 10.6. The fraction of sp³-hybridized carbons (Fsp3) is 0.158. The van der Waals surface area contributed by atoms with E-state index in [0.29, 0.717) is 5.92 Å². The summed E-state index contributed by atoms with van der Waals surface area (Å²) >= 11 is 0. The van der Waals surface area contributed by atoms with Crippen LogP contribution in [0.3, 0.4) is 0 Å². The van der Waals surface area contributed by atoms with Crippen molar-refractivity contribution in [3.05, 3.63) is 172 Å². The van der Waals surface area contributed by atoms with E-state index in [4.69, 9.17) is 4.74 Å². The van der Waals surface area contributed by atoms with Gasteiger partial charge in [-0.1, -0.05) is 141 Å². The van der Waals surface area contributed by atoms with Gasteiger partial charge in [0.2, 0.25) is 0 Å². The zero-order chi connectivity index (χ0) is 27.9. The largest absolute Gasteiger partial charge is 3.00 e. The molecule has 1 aliphatic rings. The first-order valence-electron chi connectivity index (χ1n) is 14.0. The van der Waals surface area contributed by atoms with E-state index in [-0.39, 0.29) is 61.2 Å². The maximum atomic E-state index is 6.23. The van der Waals surface area contributed by atoms with Crippen LogP contribution in [0.5, 0.6) is 11.5 Å². The van der Waals surface area contributed by atoms with E-state index in [0.717, 1.165) is 17.1 Å². The van der Waals surface area contributed by atoms with E-state index in [1.807, 2.05) is 36.4 Å². The van der Waals surface area contributed by atoms with Gasteiger partial charge in [0.1, 0.15) is 5.75 Å². The maximum absolute atomic E-state index is 6.23. The van der Waals surface area contributed by atoms with Crippen LogP contribution in [0.4, 0.5) is 0 Å². The summed E-state index contributed by atoms with van der Waals surface area (Å²) in [7, 11) is -0.266. The van der Waals surface area contributed by atoms with E-state index in [9.17, 15) is 0 Å². The van der Waals surface area contributed by atoms with Crippen molar-refractivity contribution in [2.45, 2.75) is 38.8 Å². The third-order valence-electron chi connectivity index (χ3n) is 7.43. The number of fused-ring (bicyclic) bond motifs is 1. The predicted octanol–water partition coefficient (Wildman–Crippen LogP) is 4.25. The van der Waals surface area contributed by atoms with E-state index in [2.05, 4.69) is 130 Å². The van der Waals surface area contributed by atoms with Gasteiger partial charge in [0, 0.05) is 5.75 Å². The number of para-hydroxylation sites is 1. The number of hydrogen-bond donors (Lipinski definition) is 0. The average Bonchev–Trinajstić information content (AvgIpc) is 3.33. The summed E-state index contributed by atoms with van der Waals surface area (Å²) < 4.78 is 6.23. The van der Waals surface area contributed by atoms with Crippen LogP contribution in [0.15, 0.2) is 133 Å².